The molecule has 3 aromatic rings. The lowest BCUT2D eigenvalue weighted by Gasteiger charge is -2.09. The molecule has 146 valence electrons. The molecule has 2 aromatic carbocycles. The van der Waals surface area contributed by atoms with E-state index in [1.54, 1.807) is 6.07 Å². The standard InChI is InChI=1S/C21H22FN3O2S/c1-14(26)16-8-9-20(17(22)12-16)28-13-21(27)23-10-5-11-25-15(2)24-18-6-3-4-7-19(18)25/h3-4,6-9,12H,5,10-11,13H2,1-2H3,(H,23,27). The molecular formula is C21H22FN3O2S. The van der Waals surface area contributed by atoms with E-state index in [0.717, 1.165) is 41.6 Å². The van der Waals surface area contributed by atoms with Gasteiger partial charge in [-0.3, -0.25) is 9.59 Å². The monoisotopic (exact) mass is 399 g/mol. The van der Waals surface area contributed by atoms with Gasteiger partial charge < -0.3 is 9.88 Å². The Morgan fingerprint density at radius 3 is 2.75 bits per heavy atom. The molecule has 7 heteroatoms. The second-order valence-corrected chi connectivity index (χ2v) is 7.51. The van der Waals surface area contributed by atoms with Crippen LogP contribution in [0.25, 0.3) is 11.0 Å². The number of rotatable bonds is 8. The molecule has 5 nitrogen and oxygen atoms in total. The van der Waals surface area contributed by atoms with Gasteiger partial charge in [0.05, 0.1) is 16.8 Å². The Hall–Kier alpha value is -2.67. The minimum absolute atomic E-state index is 0.128. The summed E-state index contributed by atoms with van der Waals surface area (Å²) in [6.07, 6.45) is 0.777. The van der Waals surface area contributed by atoms with E-state index in [1.165, 1.54) is 19.1 Å². The summed E-state index contributed by atoms with van der Waals surface area (Å²) in [5.41, 5.74) is 2.39. The summed E-state index contributed by atoms with van der Waals surface area (Å²) < 4.78 is 16.1. The van der Waals surface area contributed by atoms with Crippen LogP contribution in [0.4, 0.5) is 4.39 Å². The zero-order valence-electron chi connectivity index (χ0n) is 15.9. The van der Waals surface area contributed by atoms with Crippen LogP contribution in [0, 0.1) is 12.7 Å². The highest BCUT2D eigenvalue weighted by Gasteiger charge is 2.10. The third kappa shape index (κ3) is 4.78. The quantitative estimate of drug-likeness (QED) is 0.353. The number of para-hydroxylation sites is 2. The van der Waals surface area contributed by atoms with Gasteiger partial charge in [-0.15, -0.1) is 11.8 Å². The van der Waals surface area contributed by atoms with Gasteiger partial charge in [-0.25, -0.2) is 9.37 Å². The van der Waals surface area contributed by atoms with Crippen LogP contribution < -0.4 is 5.32 Å². The number of Topliss-reactive ketones (excluding diaryl/α,β-unsaturated/α-hetero) is 1. The summed E-state index contributed by atoms with van der Waals surface area (Å²) in [5.74, 6) is 0.269. The number of halogens is 1. The van der Waals surface area contributed by atoms with Crippen molar-refractivity contribution < 1.29 is 14.0 Å². The summed E-state index contributed by atoms with van der Waals surface area (Å²) in [7, 11) is 0. The Kier molecular flexibility index (Phi) is 6.46. The largest absolute Gasteiger partial charge is 0.355 e. The molecule has 0 spiro atoms. The average molecular weight is 399 g/mol. The molecule has 0 atom stereocenters. The van der Waals surface area contributed by atoms with Crippen LogP contribution in [0.3, 0.4) is 0 Å². The Labute approximate surface area is 167 Å². The van der Waals surface area contributed by atoms with Crippen molar-refractivity contribution >= 4 is 34.5 Å². The smallest absolute Gasteiger partial charge is 0.230 e. The molecule has 1 heterocycles. The molecular weight excluding hydrogens is 377 g/mol. The lowest BCUT2D eigenvalue weighted by Crippen LogP contribution is -2.27. The first kappa shape index (κ1) is 20.1. The number of nitrogens with one attached hydrogen (secondary N) is 1. The van der Waals surface area contributed by atoms with Gasteiger partial charge in [0.1, 0.15) is 11.6 Å². The summed E-state index contributed by atoms with van der Waals surface area (Å²) in [6.45, 7) is 4.67. The van der Waals surface area contributed by atoms with Gasteiger partial charge in [0.25, 0.3) is 0 Å². The maximum absolute atomic E-state index is 14.0. The molecule has 0 radical (unpaired) electrons. The Morgan fingerprint density at radius 2 is 2.00 bits per heavy atom. The van der Waals surface area contributed by atoms with Crippen LogP contribution >= 0.6 is 11.8 Å². The number of imidazole rings is 1. The highest BCUT2D eigenvalue weighted by Crippen LogP contribution is 2.22. The average Bonchev–Trinajstić information content (AvgIpc) is 2.99. The molecule has 1 N–H and O–H groups in total. The van der Waals surface area contributed by atoms with Crippen LogP contribution in [-0.4, -0.2) is 33.5 Å². The fourth-order valence-electron chi connectivity index (χ4n) is 2.97. The number of carbonyl (C=O) groups is 2. The molecule has 0 saturated carbocycles. The Morgan fingerprint density at radius 1 is 1.21 bits per heavy atom. The minimum Gasteiger partial charge on any atom is -0.355 e. The lowest BCUT2D eigenvalue weighted by atomic mass is 10.1. The molecule has 0 bridgehead atoms. The van der Waals surface area contributed by atoms with Gasteiger partial charge in [-0.05, 0) is 44.5 Å². The van der Waals surface area contributed by atoms with Crippen LogP contribution in [0.1, 0.15) is 29.5 Å². The molecule has 3 rings (SSSR count). The number of aromatic nitrogens is 2. The summed E-state index contributed by atoms with van der Waals surface area (Å²) in [6, 6.07) is 12.3. The highest BCUT2D eigenvalue weighted by molar-refractivity contribution is 8.00. The van der Waals surface area contributed by atoms with E-state index in [2.05, 4.69) is 14.9 Å². The zero-order valence-corrected chi connectivity index (χ0v) is 16.7. The number of amides is 1. The van der Waals surface area contributed by atoms with Crippen molar-refractivity contribution in [3.8, 4) is 0 Å². The van der Waals surface area contributed by atoms with E-state index in [1.807, 2.05) is 31.2 Å². The highest BCUT2D eigenvalue weighted by atomic mass is 32.2. The maximum atomic E-state index is 14.0. The van der Waals surface area contributed by atoms with E-state index in [-0.39, 0.29) is 17.4 Å². The zero-order chi connectivity index (χ0) is 20.1. The predicted molar refractivity (Wildman–Crippen MR) is 109 cm³/mol. The lowest BCUT2D eigenvalue weighted by molar-refractivity contribution is -0.118. The normalized spacial score (nSPS) is 11.0. The fraction of sp³-hybridized carbons (Fsp3) is 0.286. The van der Waals surface area contributed by atoms with Crippen molar-refractivity contribution in [1.82, 2.24) is 14.9 Å². The van der Waals surface area contributed by atoms with Crippen molar-refractivity contribution in [2.24, 2.45) is 0 Å². The van der Waals surface area contributed by atoms with Crippen LogP contribution in [0.5, 0.6) is 0 Å². The van der Waals surface area contributed by atoms with Gasteiger partial charge in [0, 0.05) is 23.5 Å². The van der Waals surface area contributed by atoms with Crippen molar-refractivity contribution in [2.75, 3.05) is 12.3 Å². The van der Waals surface area contributed by atoms with E-state index in [0.29, 0.717) is 17.0 Å². The van der Waals surface area contributed by atoms with Crippen LogP contribution in [-0.2, 0) is 11.3 Å². The number of fused-ring (bicyclic) bond motifs is 1. The number of benzene rings is 2. The van der Waals surface area contributed by atoms with E-state index < -0.39 is 5.82 Å². The molecule has 0 aliphatic rings. The maximum Gasteiger partial charge on any atom is 0.230 e. The van der Waals surface area contributed by atoms with Crippen molar-refractivity contribution in [2.45, 2.75) is 31.7 Å². The van der Waals surface area contributed by atoms with E-state index >= 15 is 0 Å². The first-order chi connectivity index (χ1) is 13.5. The number of carbonyl (C=O) groups excluding carboxylic acids is 2. The van der Waals surface area contributed by atoms with Gasteiger partial charge in [-0.1, -0.05) is 18.2 Å². The number of hydrogen-bond acceptors (Lipinski definition) is 4. The number of nitrogens with zero attached hydrogens (tertiary/aromatic N) is 2. The third-order valence-corrected chi connectivity index (χ3v) is 5.47. The minimum atomic E-state index is -0.479. The molecule has 0 aliphatic heterocycles. The molecule has 0 fully saturated rings. The summed E-state index contributed by atoms with van der Waals surface area (Å²) in [5, 5.41) is 2.86. The van der Waals surface area contributed by atoms with Gasteiger partial charge in [0.15, 0.2) is 5.78 Å². The van der Waals surface area contributed by atoms with E-state index in [9.17, 15) is 14.0 Å². The Balaban J connectivity index is 1.45. The van der Waals surface area contributed by atoms with Crippen LogP contribution in [0.2, 0.25) is 0 Å². The third-order valence-electron chi connectivity index (χ3n) is 4.42. The second kappa shape index (κ2) is 9.01. The first-order valence-corrected chi connectivity index (χ1v) is 10.1. The number of thioether (sulfide) groups is 1. The number of ketones is 1. The first-order valence-electron chi connectivity index (χ1n) is 9.07. The van der Waals surface area contributed by atoms with Crippen molar-refractivity contribution in [1.29, 1.82) is 0 Å². The van der Waals surface area contributed by atoms with Crippen LogP contribution in [0.15, 0.2) is 47.4 Å². The van der Waals surface area contributed by atoms with Gasteiger partial charge in [-0.2, -0.15) is 0 Å². The van der Waals surface area contributed by atoms with Crippen molar-refractivity contribution in [3.63, 3.8) is 0 Å². The molecule has 1 aromatic heterocycles. The predicted octanol–water partition coefficient (Wildman–Crippen LogP) is 3.99. The molecule has 0 aliphatic carbocycles. The number of hydrogen-bond donors (Lipinski definition) is 1. The summed E-state index contributed by atoms with van der Waals surface area (Å²) in [4.78, 5) is 28.2. The fourth-order valence-corrected chi connectivity index (χ4v) is 3.72. The number of aryl methyl sites for hydroxylation is 2. The summed E-state index contributed by atoms with van der Waals surface area (Å²) >= 11 is 1.12. The SMILES string of the molecule is CC(=O)c1ccc(SCC(=O)NCCCn2c(C)nc3ccccc32)c(F)c1. The molecule has 1 amide bonds. The molecule has 0 unspecified atom stereocenters. The molecule has 0 saturated heterocycles. The van der Waals surface area contributed by atoms with Gasteiger partial charge in [0.2, 0.25) is 5.91 Å². The topological polar surface area (TPSA) is 64.0 Å². The second-order valence-electron chi connectivity index (χ2n) is 6.49. The Bertz CT molecular complexity index is 1020. The van der Waals surface area contributed by atoms with Gasteiger partial charge >= 0.3 is 0 Å². The van der Waals surface area contributed by atoms with Crippen molar-refractivity contribution in [3.05, 3.63) is 59.7 Å². The van der Waals surface area contributed by atoms with E-state index in [4.69, 9.17) is 0 Å². The molecule has 28 heavy (non-hydrogen) atoms.